The van der Waals surface area contributed by atoms with Gasteiger partial charge in [-0.05, 0) is 45.4 Å². The van der Waals surface area contributed by atoms with E-state index in [9.17, 15) is 9.90 Å². The maximum Gasteiger partial charge on any atom is 0.251 e. The lowest BCUT2D eigenvalue weighted by Gasteiger charge is -2.23. The Bertz CT molecular complexity index is 410. The number of aliphatic hydroxyl groups is 1. The van der Waals surface area contributed by atoms with Crippen LogP contribution in [0.5, 0.6) is 5.75 Å². The molecule has 0 unspecified atom stereocenters. The Morgan fingerprint density at radius 3 is 2.72 bits per heavy atom. The zero-order valence-corrected chi connectivity index (χ0v) is 11.4. The Labute approximate surface area is 108 Å². The van der Waals surface area contributed by atoms with Crippen LogP contribution < -0.4 is 10.1 Å². The molecule has 0 aliphatic heterocycles. The monoisotopic (exact) mass is 251 g/mol. The lowest BCUT2D eigenvalue weighted by Crippen LogP contribution is -2.38. The van der Waals surface area contributed by atoms with Gasteiger partial charge in [0.15, 0.2) is 0 Å². The molecule has 100 valence electrons. The summed E-state index contributed by atoms with van der Waals surface area (Å²) in [5.74, 6) is 0.489. The standard InChI is InChI=1S/C14H21NO3/c1-10(9-14(2,3)17)15-13(16)11-6-5-7-12(8-11)18-4/h5-8,10,17H,9H2,1-4H3,(H,15,16)/t10-/m0/s1. The molecule has 2 N–H and O–H groups in total. The summed E-state index contributed by atoms with van der Waals surface area (Å²) in [4.78, 5) is 12.0. The minimum atomic E-state index is -0.791. The SMILES string of the molecule is COc1cccc(C(=O)N[C@@H](C)CC(C)(C)O)c1. The van der Waals surface area contributed by atoms with E-state index in [1.54, 1.807) is 45.2 Å². The first-order valence-electron chi connectivity index (χ1n) is 5.99. The van der Waals surface area contributed by atoms with E-state index in [1.165, 1.54) is 0 Å². The second-order valence-electron chi connectivity index (χ2n) is 5.12. The van der Waals surface area contributed by atoms with Crippen molar-refractivity contribution < 1.29 is 14.6 Å². The van der Waals surface area contributed by atoms with E-state index in [2.05, 4.69) is 5.32 Å². The van der Waals surface area contributed by atoms with Crippen LogP contribution in [0.4, 0.5) is 0 Å². The number of ether oxygens (including phenoxy) is 1. The van der Waals surface area contributed by atoms with Crippen LogP contribution in [0, 0.1) is 0 Å². The molecule has 0 heterocycles. The van der Waals surface area contributed by atoms with E-state index < -0.39 is 5.60 Å². The number of hydrogen-bond donors (Lipinski definition) is 2. The number of nitrogens with one attached hydrogen (secondary N) is 1. The van der Waals surface area contributed by atoms with E-state index in [4.69, 9.17) is 4.74 Å². The summed E-state index contributed by atoms with van der Waals surface area (Å²) in [6.07, 6.45) is 0.503. The molecular weight excluding hydrogens is 230 g/mol. The number of rotatable bonds is 5. The van der Waals surface area contributed by atoms with Crippen molar-refractivity contribution in [3.63, 3.8) is 0 Å². The number of benzene rings is 1. The van der Waals surface area contributed by atoms with Crippen LogP contribution >= 0.6 is 0 Å². The Hall–Kier alpha value is -1.55. The molecule has 18 heavy (non-hydrogen) atoms. The maximum atomic E-state index is 12.0. The van der Waals surface area contributed by atoms with E-state index in [0.717, 1.165) is 0 Å². The van der Waals surface area contributed by atoms with Crippen LogP contribution in [-0.2, 0) is 0 Å². The van der Waals surface area contributed by atoms with Crippen LogP contribution in [0.1, 0.15) is 37.6 Å². The van der Waals surface area contributed by atoms with Gasteiger partial charge in [0, 0.05) is 11.6 Å². The molecular formula is C14H21NO3. The maximum absolute atomic E-state index is 12.0. The van der Waals surface area contributed by atoms with Crippen molar-refractivity contribution in [1.82, 2.24) is 5.32 Å². The van der Waals surface area contributed by atoms with Gasteiger partial charge in [-0.25, -0.2) is 0 Å². The number of hydrogen-bond acceptors (Lipinski definition) is 3. The number of carbonyl (C=O) groups excluding carboxylic acids is 1. The van der Waals surface area contributed by atoms with Crippen LogP contribution in [0.15, 0.2) is 24.3 Å². The first kappa shape index (κ1) is 14.5. The van der Waals surface area contributed by atoms with Crippen LogP contribution in [0.2, 0.25) is 0 Å². The van der Waals surface area contributed by atoms with E-state index in [-0.39, 0.29) is 11.9 Å². The largest absolute Gasteiger partial charge is 0.497 e. The van der Waals surface area contributed by atoms with Crippen LogP contribution in [0.3, 0.4) is 0 Å². The number of amides is 1. The van der Waals surface area contributed by atoms with Gasteiger partial charge in [0.1, 0.15) is 5.75 Å². The highest BCUT2D eigenvalue weighted by Gasteiger charge is 2.19. The molecule has 4 nitrogen and oxygen atoms in total. The fourth-order valence-corrected chi connectivity index (χ4v) is 1.87. The summed E-state index contributed by atoms with van der Waals surface area (Å²) >= 11 is 0. The average molecular weight is 251 g/mol. The molecule has 1 aromatic carbocycles. The van der Waals surface area contributed by atoms with E-state index in [0.29, 0.717) is 17.7 Å². The molecule has 0 spiro atoms. The van der Waals surface area contributed by atoms with Crippen molar-refractivity contribution >= 4 is 5.91 Å². The van der Waals surface area contributed by atoms with Gasteiger partial charge in [-0.15, -0.1) is 0 Å². The lowest BCUT2D eigenvalue weighted by molar-refractivity contribution is 0.0593. The third-order valence-electron chi connectivity index (χ3n) is 2.52. The normalized spacial score (nSPS) is 12.9. The summed E-state index contributed by atoms with van der Waals surface area (Å²) in [5.41, 5.74) is -0.238. The predicted octanol–water partition coefficient (Wildman–Crippen LogP) is 1.97. The Kier molecular flexibility index (Phi) is 4.73. The molecule has 1 rings (SSSR count). The summed E-state index contributed by atoms with van der Waals surface area (Å²) in [7, 11) is 1.56. The van der Waals surface area contributed by atoms with Crippen LogP contribution in [-0.4, -0.2) is 29.8 Å². The van der Waals surface area contributed by atoms with E-state index in [1.807, 2.05) is 6.92 Å². The average Bonchev–Trinajstić information content (AvgIpc) is 2.26. The summed E-state index contributed by atoms with van der Waals surface area (Å²) in [6, 6.07) is 6.88. The minimum Gasteiger partial charge on any atom is -0.497 e. The third kappa shape index (κ3) is 4.75. The first-order valence-corrected chi connectivity index (χ1v) is 5.99. The second kappa shape index (κ2) is 5.87. The predicted molar refractivity (Wildman–Crippen MR) is 70.8 cm³/mol. The number of methoxy groups -OCH3 is 1. The highest BCUT2D eigenvalue weighted by Crippen LogP contribution is 2.14. The molecule has 0 radical (unpaired) electrons. The van der Waals surface area contributed by atoms with Gasteiger partial charge in [-0.1, -0.05) is 6.07 Å². The van der Waals surface area contributed by atoms with Gasteiger partial charge in [-0.3, -0.25) is 4.79 Å². The van der Waals surface area contributed by atoms with Crippen molar-refractivity contribution in [3.05, 3.63) is 29.8 Å². The van der Waals surface area contributed by atoms with E-state index >= 15 is 0 Å². The van der Waals surface area contributed by atoms with Crippen molar-refractivity contribution in [2.75, 3.05) is 7.11 Å². The van der Waals surface area contributed by atoms with Crippen molar-refractivity contribution in [1.29, 1.82) is 0 Å². The smallest absolute Gasteiger partial charge is 0.251 e. The molecule has 0 saturated heterocycles. The molecule has 1 atom stereocenters. The minimum absolute atomic E-state index is 0.0938. The Balaban J connectivity index is 2.64. The topological polar surface area (TPSA) is 58.6 Å². The summed E-state index contributed by atoms with van der Waals surface area (Å²) < 4.78 is 5.07. The van der Waals surface area contributed by atoms with Gasteiger partial charge in [-0.2, -0.15) is 0 Å². The van der Waals surface area contributed by atoms with Crippen molar-refractivity contribution in [2.24, 2.45) is 0 Å². The Morgan fingerprint density at radius 2 is 2.17 bits per heavy atom. The van der Waals surface area contributed by atoms with Gasteiger partial charge < -0.3 is 15.2 Å². The van der Waals surface area contributed by atoms with Gasteiger partial charge >= 0.3 is 0 Å². The van der Waals surface area contributed by atoms with Gasteiger partial charge in [0.05, 0.1) is 12.7 Å². The number of carbonyl (C=O) groups is 1. The molecule has 0 aliphatic carbocycles. The highest BCUT2D eigenvalue weighted by atomic mass is 16.5. The highest BCUT2D eigenvalue weighted by molar-refractivity contribution is 5.94. The molecule has 0 aliphatic rings. The molecule has 0 bridgehead atoms. The summed E-state index contributed by atoms with van der Waals surface area (Å²) in [6.45, 7) is 5.32. The molecule has 0 saturated carbocycles. The van der Waals surface area contributed by atoms with Crippen LogP contribution in [0.25, 0.3) is 0 Å². The second-order valence-corrected chi connectivity index (χ2v) is 5.12. The summed E-state index contributed by atoms with van der Waals surface area (Å²) in [5, 5.41) is 12.5. The fourth-order valence-electron chi connectivity index (χ4n) is 1.87. The molecule has 0 aromatic heterocycles. The Morgan fingerprint density at radius 1 is 1.50 bits per heavy atom. The molecule has 4 heteroatoms. The first-order chi connectivity index (χ1) is 8.31. The molecule has 1 aromatic rings. The molecule has 0 fully saturated rings. The van der Waals surface area contributed by atoms with Gasteiger partial charge in [0.2, 0.25) is 0 Å². The fraction of sp³-hybridized carbons (Fsp3) is 0.500. The quantitative estimate of drug-likeness (QED) is 0.841. The zero-order valence-electron chi connectivity index (χ0n) is 11.4. The van der Waals surface area contributed by atoms with Crippen molar-refractivity contribution in [3.8, 4) is 5.75 Å². The third-order valence-corrected chi connectivity index (χ3v) is 2.52. The molecule has 1 amide bonds. The lowest BCUT2D eigenvalue weighted by atomic mass is 10.00. The zero-order chi connectivity index (χ0) is 13.8. The van der Waals surface area contributed by atoms with Gasteiger partial charge in [0.25, 0.3) is 5.91 Å². The van der Waals surface area contributed by atoms with Crippen molar-refractivity contribution in [2.45, 2.75) is 38.8 Å².